The molecule has 0 aromatic heterocycles. The molecule has 0 spiro atoms. The number of benzene rings is 1. The van der Waals surface area contributed by atoms with Crippen molar-refractivity contribution in [2.24, 2.45) is 0 Å². The number of hydrogen-bond acceptors (Lipinski definition) is 3. The number of aliphatic hydroxyl groups excluding tert-OH is 1. The smallest absolute Gasteiger partial charge is 0.0701 e. The lowest BCUT2D eigenvalue weighted by Crippen LogP contribution is -2.36. The van der Waals surface area contributed by atoms with Gasteiger partial charge in [-0.2, -0.15) is 0 Å². The van der Waals surface area contributed by atoms with Crippen molar-refractivity contribution in [1.82, 2.24) is 4.90 Å². The number of rotatable bonds is 5. The van der Waals surface area contributed by atoms with E-state index in [9.17, 15) is 0 Å². The second-order valence-electron chi connectivity index (χ2n) is 4.81. The van der Waals surface area contributed by atoms with Crippen LogP contribution in [0.4, 0.5) is 0 Å². The van der Waals surface area contributed by atoms with E-state index >= 15 is 0 Å². The number of halogens is 2. The Kier molecular flexibility index (Phi) is 5.92. The second kappa shape index (κ2) is 7.46. The predicted molar refractivity (Wildman–Crippen MR) is 77.8 cm³/mol. The van der Waals surface area contributed by atoms with Gasteiger partial charge in [0.2, 0.25) is 0 Å². The van der Waals surface area contributed by atoms with E-state index in [1.54, 1.807) is 0 Å². The van der Waals surface area contributed by atoms with E-state index < -0.39 is 0 Å². The summed E-state index contributed by atoms with van der Waals surface area (Å²) < 4.78 is 5.55. The zero-order valence-electron chi connectivity index (χ0n) is 10.8. The highest BCUT2D eigenvalue weighted by Crippen LogP contribution is 2.24. The van der Waals surface area contributed by atoms with Gasteiger partial charge in [-0.25, -0.2) is 0 Å². The van der Waals surface area contributed by atoms with Crippen LogP contribution in [0.3, 0.4) is 0 Å². The van der Waals surface area contributed by atoms with Crippen molar-refractivity contribution >= 4 is 23.2 Å². The van der Waals surface area contributed by atoms with Crippen LogP contribution in [-0.4, -0.2) is 42.4 Å². The molecule has 0 bridgehead atoms. The Labute approximate surface area is 124 Å². The molecule has 0 radical (unpaired) electrons. The Bertz CT molecular complexity index is 406. The van der Waals surface area contributed by atoms with Crippen LogP contribution in [0.5, 0.6) is 0 Å². The number of aliphatic hydroxyl groups is 1. The van der Waals surface area contributed by atoms with Crippen LogP contribution in [0.2, 0.25) is 10.0 Å². The first-order chi connectivity index (χ1) is 9.19. The van der Waals surface area contributed by atoms with Gasteiger partial charge in [0.25, 0.3) is 0 Å². The molecule has 106 valence electrons. The summed E-state index contributed by atoms with van der Waals surface area (Å²) in [6.45, 7) is 3.33. The van der Waals surface area contributed by atoms with Crippen LogP contribution in [0, 0.1) is 0 Å². The molecule has 3 nitrogen and oxygen atoms in total. The first kappa shape index (κ1) is 15.1. The molecule has 0 atom stereocenters. The quantitative estimate of drug-likeness (QED) is 0.908. The van der Waals surface area contributed by atoms with Crippen molar-refractivity contribution in [2.45, 2.75) is 25.5 Å². The van der Waals surface area contributed by atoms with Gasteiger partial charge >= 0.3 is 0 Å². The maximum atomic E-state index is 8.74. The minimum absolute atomic E-state index is 0.0956. The summed E-state index contributed by atoms with van der Waals surface area (Å²) in [6.07, 6.45) is 2.27. The van der Waals surface area contributed by atoms with E-state index in [2.05, 4.69) is 4.90 Å². The third-order valence-electron chi connectivity index (χ3n) is 3.38. The molecule has 0 unspecified atom stereocenters. The van der Waals surface area contributed by atoms with Gasteiger partial charge in [0.15, 0.2) is 0 Å². The number of ether oxygens (including phenoxy) is 1. The molecule has 0 amide bonds. The molecule has 5 heteroatoms. The van der Waals surface area contributed by atoms with Gasteiger partial charge in [-0.05, 0) is 36.6 Å². The lowest BCUT2D eigenvalue weighted by Gasteiger charge is -2.32. The van der Waals surface area contributed by atoms with Crippen LogP contribution in [0.15, 0.2) is 18.2 Å². The molecule has 1 aliphatic heterocycles. The molecule has 2 rings (SSSR count). The fraction of sp³-hybridized carbons (Fsp3) is 0.571. The van der Waals surface area contributed by atoms with Crippen molar-refractivity contribution in [3.05, 3.63) is 33.8 Å². The third kappa shape index (κ3) is 4.62. The minimum Gasteiger partial charge on any atom is -0.394 e. The molecule has 1 heterocycles. The fourth-order valence-electron chi connectivity index (χ4n) is 2.36. The molecule has 1 aromatic carbocycles. The number of hydrogen-bond donors (Lipinski definition) is 1. The zero-order valence-corrected chi connectivity index (χ0v) is 12.3. The van der Waals surface area contributed by atoms with Gasteiger partial charge in [-0.15, -0.1) is 0 Å². The molecule has 1 saturated heterocycles. The molecule has 19 heavy (non-hydrogen) atoms. The van der Waals surface area contributed by atoms with Gasteiger partial charge in [0.1, 0.15) is 0 Å². The first-order valence-electron chi connectivity index (χ1n) is 6.58. The maximum Gasteiger partial charge on any atom is 0.0701 e. The van der Waals surface area contributed by atoms with Gasteiger partial charge in [-0.3, -0.25) is 4.90 Å². The number of likely N-dealkylation sites (tertiary alicyclic amines) is 1. The topological polar surface area (TPSA) is 32.7 Å². The predicted octanol–water partition coefficient (Wildman–Crippen LogP) is 2.97. The summed E-state index contributed by atoms with van der Waals surface area (Å²) in [5, 5.41) is 10.2. The molecule has 0 aliphatic carbocycles. The van der Waals surface area contributed by atoms with Crippen LogP contribution < -0.4 is 0 Å². The number of nitrogens with zero attached hydrogens (tertiary/aromatic N) is 1. The average molecular weight is 304 g/mol. The van der Waals surface area contributed by atoms with E-state index in [1.807, 2.05) is 18.2 Å². The van der Waals surface area contributed by atoms with Crippen molar-refractivity contribution in [1.29, 1.82) is 0 Å². The van der Waals surface area contributed by atoms with E-state index in [4.69, 9.17) is 33.0 Å². The highest BCUT2D eigenvalue weighted by molar-refractivity contribution is 6.33. The van der Waals surface area contributed by atoms with Crippen molar-refractivity contribution in [3.63, 3.8) is 0 Å². The Morgan fingerprint density at radius 1 is 1.26 bits per heavy atom. The Hall–Kier alpha value is -0.320. The van der Waals surface area contributed by atoms with Crippen LogP contribution in [0.25, 0.3) is 0 Å². The molecule has 0 saturated carbocycles. The summed E-state index contributed by atoms with van der Waals surface area (Å²) >= 11 is 12.2. The lowest BCUT2D eigenvalue weighted by molar-refractivity contribution is -0.00900. The Morgan fingerprint density at radius 2 is 2.00 bits per heavy atom. The van der Waals surface area contributed by atoms with E-state index in [1.165, 1.54) is 0 Å². The van der Waals surface area contributed by atoms with Crippen molar-refractivity contribution in [3.8, 4) is 0 Å². The van der Waals surface area contributed by atoms with Crippen LogP contribution in [0.1, 0.15) is 18.4 Å². The second-order valence-corrected chi connectivity index (χ2v) is 5.65. The normalized spacial score (nSPS) is 17.8. The van der Waals surface area contributed by atoms with E-state index in [-0.39, 0.29) is 12.7 Å². The minimum atomic E-state index is 0.0956. The summed E-state index contributed by atoms with van der Waals surface area (Å²) in [7, 11) is 0. The number of piperidine rings is 1. The zero-order chi connectivity index (χ0) is 13.7. The Morgan fingerprint density at radius 3 is 2.68 bits per heavy atom. The molecule has 1 N–H and O–H groups in total. The summed E-state index contributed by atoms with van der Waals surface area (Å²) in [4.78, 5) is 2.36. The van der Waals surface area contributed by atoms with Gasteiger partial charge < -0.3 is 9.84 Å². The third-order valence-corrected chi connectivity index (χ3v) is 3.98. The highest BCUT2D eigenvalue weighted by atomic mass is 35.5. The molecule has 1 aromatic rings. The SMILES string of the molecule is OCCOC1CCN(Cc2cc(Cl)ccc2Cl)CC1. The monoisotopic (exact) mass is 303 g/mol. The molecule has 1 aliphatic rings. The van der Waals surface area contributed by atoms with Crippen molar-refractivity contribution in [2.75, 3.05) is 26.3 Å². The molecular weight excluding hydrogens is 285 g/mol. The van der Waals surface area contributed by atoms with Gasteiger partial charge in [0, 0.05) is 29.7 Å². The van der Waals surface area contributed by atoms with E-state index in [0.717, 1.165) is 48.1 Å². The fourth-order valence-corrected chi connectivity index (χ4v) is 2.73. The van der Waals surface area contributed by atoms with Gasteiger partial charge in [-0.1, -0.05) is 23.2 Å². The molecular formula is C14H19Cl2NO2. The van der Waals surface area contributed by atoms with E-state index in [0.29, 0.717) is 6.61 Å². The first-order valence-corrected chi connectivity index (χ1v) is 7.33. The molecule has 1 fully saturated rings. The standard InChI is InChI=1S/C14H19Cl2NO2/c15-12-1-2-14(16)11(9-12)10-17-5-3-13(4-6-17)19-8-7-18/h1-2,9,13,18H,3-8,10H2. The van der Waals surface area contributed by atoms with Gasteiger partial charge in [0.05, 0.1) is 19.3 Å². The summed E-state index contributed by atoms with van der Waals surface area (Å²) in [6, 6.07) is 5.58. The lowest BCUT2D eigenvalue weighted by atomic mass is 10.1. The summed E-state index contributed by atoms with van der Waals surface area (Å²) in [5.74, 6) is 0. The average Bonchev–Trinajstić information content (AvgIpc) is 2.42. The van der Waals surface area contributed by atoms with Crippen LogP contribution >= 0.6 is 23.2 Å². The highest BCUT2D eigenvalue weighted by Gasteiger charge is 2.20. The Balaban J connectivity index is 1.83. The van der Waals surface area contributed by atoms with Crippen LogP contribution in [-0.2, 0) is 11.3 Å². The maximum absolute atomic E-state index is 8.74. The largest absolute Gasteiger partial charge is 0.394 e. The summed E-state index contributed by atoms with van der Waals surface area (Å²) in [5.41, 5.74) is 1.07. The van der Waals surface area contributed by atoms with Crippen molar-refractivity contribution < 1.29 is 9.84 Å².